The van der Waals surface area contributed by atoms with Crippen LogP contribution in [0, 0.1) is 0 Å². The SMILES string of the molecule is O=C(O)Cn1cc(CNC(=O)CCn2ccnc2)nn1. The summed E-state index contributed by atoms with van der Waals surface area (Å²) in [5.41, 5.74) is 0.516. The first-order chi connectivity index (χ1) is 9.63. The lowest BCUT2D eigenvalue weighted by Gasteiger charge is -2.03. The Morgan fingerprint density at radius 2 is 2.25 bits per heavy atom. The second-order valence-corrected chi connectivity index (χ2v) is 4.13. The fourth-order valence-corrected chi connectivity index (χ4v) is 1.56. The minimum absolute atomic E-state index is 0.119. The number of carbonyl (C=O) groups excluding carboxylic acids is 1. The van der Waals surface area contributed by atoms with Gasteiger partial charge in [-0.15, -0.1) is 5.10 Å². The molecule has 0 atom stereocenters. The molecule has 0 saturated carbocycles. The van der Waals surface area contributed by atoms with E-state index in [9.17, 15) is 9.59 Å². The molecular weight excluding hydrogens is 264 g/mol. The maximum atomic E-state index is 11.6. The highest BCUT2D eigenvalue weighted by Crippen LogP contribution is 1.95. The molecule has 2 aromatic heterocycles. The first-order valence-electron chi connectivity index (χ1n) is 5.97. The third kappa shape index (κ3) is 4.19. The number of nitrogens with one attached hydrogen (secondary N) is 1. The van der Waals surface area contributed by atoms with Gasteiger partial charge in [0.05, 0.1) is 19.1 Å². The molecule has 2 heterocycles. The van der Waals surface area contributed by atoms with Crippen molar-refractivity contribution in [3.63, 3.8) is 0 Å². The summed E-state index contributed by atoms with van der Waals surface area (Å²) in [6.07, 6.45) is 6.90. The molecule has 2 rings (SSSR count). The van der Waals surface area contributed by atoms with Crippen molar-refractivity contribution >= 4 is 11.9 Å². The highest BCUT2D eigenvalue weighted by Gasteiger charge is 2.06. The number of carbonyl (C=O) groups is 2. The summed E-state index contributed by atoms with van der Waals surface area (Å²) in [4.78, 5) is 26.0. The number of aliphatic carboxylic acids is 1. The molecule has 0 radical (unpaired) electrons. The largest absolute Gasteiger partial charge is 0.480 e. The first kappa shape index (κ1) is 13.7. The Morgan fingerprint density at radius 3 is 2.95 bits per heavy atom. The number of carboxylic acid groups (broad SMARTS) is 1. The molecule has 0 aromatic carbocycles. The second-order valence-electron chi connectivity index (χ2n) is 4.13. The van der Waals surface area contributed by atoms with Gasteiger partial charge in [-0.25, -0.2) is 9.67 Å². The minimum Gasteiger partial charge on any atom is -0.480 e. The smallest absolute Gasteiger partial charge is 0.325 e. The minimum atomic E-state index is -0.995. The van der Waals surface area contributed by atoms with E-state index in [0.29, 0.717) is 18.7 Å². The van der Waals surface area contributed by atoms with Crippen molar-refractivity contribution in [2.45, 2.75) is 26.1 Å². The van der Waals surface area contributed by atoms with Gasteiger partial charge in [0.15, 0.2) is 0 Å². The maximum absolute atomic E-state index is 11.6. The van der Waals surface area contributed by atoms with Gasteiger partial charge < -0.3 is 15.0 Å². The Balaban J connectivity index is 1.72. The fraction of sp³-hybridized carbons (Fsp3) is 0.364. The van der Waals surface area contributed by atoms with Gasteiger partial charge in [0.25, 0.3) is 0 Å². The van der Waals surface area contributed by atoms with Gasteiger partial charge in [-0.3, -0.25) is 9.59 Å². The van der Waals surface area contributed by atoms with Gasteiger partial charge in [0.1, 0.15) is 12.2 Å². The van der Waals surface area contributed by atoms with E-state index in [1.807, 2.05) is 4.57 Å². The van der Waals surface area contributed by atoms with E-state index in [1.54, 1.807) is 18.7 Å². The number of imidazole rings is 1. The van der Waals surface area contributed by atoms with Crippen LogP contribution in [0.5, 0.6) is 0 Å². The molecule has 0 aliphatic carbocycles. The van der Waals surface area contributed by atoms with E-state index in [1.165, 1.54) is 10.9 Å². The van der Waals surface area contributed by atoms with E-state index < -0.39 is 5.97 Å². The quantitative estimate of drug-likeness (QED) is 0.689. The van der Waals surface area contributed by atoms with Crippen molar-refractivity contribution in [2.24, 2.45) is 0 Å². The molecule has 20 heavy (non-hydrogen) atoms. The molecule has 0 fully saturated rings. The molecule has 2 N–H and O–H groups in total. The Morgan fingerprint density at radius 1 is 1.40 bits per heavy atom. The zero-order valence-electron chi connectivity index (χ0n) is 10.6. The predicted octanol–water partition coefficient (Wildman–Crippen LogP) is -0.734. The zero-order valence-corrected chi connectivity index (χ0v) is 10.6. The standard InChI is InChI=1S/C11H14N6O3/c18-10(1-3-16-4-2-12-8-16)13-5-9-6-17(15-14-9)7-11(19)20/h2,4,6,8H,1,3,5,7H2,(H,13,18)(H,19,20). The van der Waals surface area contributed by atoms with Crippen molar-refractivity contribution in [3.05, 3.63) is 30.6 Å². The molecule has 0 aliphatic heterocycles. The number of hydrogen-bond donors (Lipinski definition) is 2. The number of hydrogen-bond acceptors (Lipinski definition) is 5. The number of aryl methyl sites for hydroxylation is 1. The first-order valence-corrected chi connectivity index (χ1v) is 5.97. The zero-order chi connectivity index (χ0) is 14.4. The Labute approximate surface area is 114 Å². The molecular formula is C11H14N6O3. The summed E-state index contributed by atoms with van der Waals surface area (Å²) in [7, 11) is 0. The fourth-order valence-electron chi connectivity index (χ4n) is 1.56. The summed E-state index contributed by atoms with van der Waals surface area (Å²) >= 11 is 0. The van der Waals surface area contributed by atoms with Crippen LogP contribution in [0.25, 0.3) is 0 Å². The number of aromatic nitrogens is 5. The summed E-state index contributed by atoms with van der Waals surface area (Å²) in [5, 5.41) is 18.7. The topological polar surface area (TPSA) is 115 Å². The van der Waals surface area contributed by atoms with Crippen molar-refractivity contribution in [2.75, 3.05) is 0 Å². The summed E-state index contributed by atoms with van der Waals surface area (Å²) in [5.74, 6) is -1.11. The predicted molar refractivity (Wildman–Crippen MR) is 66.3 cm³/mol. The maximum Gasteiger partial charge on any atom is 0.325 e. The molecule has 2 aromatic rings. The van der Waals surface area contributed by atoms with E-state index in [0.717, 1.165) is 0 Å². The van der Waals surface area contributed by atoms with Crippen molar-refractivity contribution < 1.29 is 14.7 Å². The Kier molecular flexibility index (Phi) is 4.43. The molecule has 0 spiro atoms. The van der Waals surface area contributed by atoms with Crippen LogP contribution < -0.4 is 5.32 Å². The van der Waals surface area contributed by atoms with Crippen LogP contribution in [0.15, 0.2) is 24.9 Å². The number of carboxylic acids is 1. The van der Waals surface area contributed by atoms with Gasteiger partial charge >= 0.3 is 5.97 Å². The van der Waals surface area contributed by atoms with Crippen LogP contribution in [0.2, 0.25) is 0 Å². The molecule has 0 aliphatic rings. The summed E-state index contributed by atoms with van der Waals surface area (Å²) < 4.78 is 3.01. The normalized spacial score (nSPS) is 10.4. The average Bonchev–Trinajstić information content (AvgIpc) is 3.04. The Bertz CT molecular complexity index is 577. The second kappa shape index (κ2) is 6.45. The van der Waals surface area contributed by atoms with E-state index in [-0.39, 0.29) is 19.0 Å². The molecule has 0 saturated heterocycles. The van der Waals surface area contributed by atoms with Gasteiger partial charge in [0, 0.05) is 25.4 Å². The highest BCUT2D eigenvalue weighted by atomic mass is 16.4. The van der Waals surface area contributed by atoms with E-state index in [2.05, 4.69) is 20.6 Å². The molecule has 0 unspecified atom stereocenters. The average molecular weight is 278 g/mol. The van der Waals surface area contributed by atoms with Crippen molar-refractivity contribution in [3.8, 4) is 0 Å². The lowest BCUT2D eigenvalue weighted by molar-refractivity contribution is -0.138. The molecule has 0 bridgehead atoms. The van der Waals surface area contributed by atoms with Crippen LogP contribution >= 0.6 is 0 Å². The molecule has 1 amide bonds. The van der Waals surface area contributed by atoms with Crippen molar-refractivity contribution in [1.82, 2.24) is 29.9 Å². The van der Waals surface area contributed by atoms with Gasteiger partial charge in [-0.05, 0) is 0 Å². The molecule has 9 nitrogen and oxygen atoms in total. The van der Waals surface area contributed by atoms with Crippen LogP contribution in [0.1, 0.15) is 12.1 Å². The van der Waals surface area contributed by atoms with Crippen LogP contribution in [-0.4, -0.2) is 41.5 Å². The molecule has 9 heteroatoms. The Hall–Kier alpha value is -2.71. The monoisotopic (exact) mass is 278 g/mol. The number of amides is 1. The highest BCUT2D eigenvalue weighted by molar-refractivity contribution is 5.75. The third-order valence-electron chi connectivity index (χ3n) is 2.51. The van der Waals surface area contributed by atoms with Crippen LogP contribution in [-0.2, 0) is 29.2 Å². The molecule has 106 valence electrons. The third-order valence-corrected chi connectivity index (χ3v) is 2.51. The summed E-state index contributed by atoms with van der Waals surface area (Å²) in [6.45, 7) is 0.529. The van der Waals surface area contributed by atoms with Crippen molar-refractivity contribution in [1.29, 1.82) is 0 Å². The lowest BCUT2D eigenvalue weighted by Crippen LogP contribution is -2.24. The lowest BCUT2D eigenvalue weighted by atomic mass is 10.3. The van der Waals surface area contributed by atoms with Crippen LogP contribution in [0.4, 0.5) is 0 Å². The van der Waals surface area contributed by atoms with Crippen LogP contribution in [0.3, 0.4) is 0 Å². The van der Waals surface area contributed by atoms with Gasteiger partial charge in [0.2, 0.25) is 5.91 Å². The number of rotatable bonds is 7. The summed E-state index contributed by atoms with van der Waals surface area (Å²) in [6, 6.07) is 0. The number of nitrogens with zero attached hydrogens (tertiary/aromatic N) is 5. The van der Waals surface area contributed by atoms with E-state index >= 15 is 0 Å². The van der Waals surface area contributed by atoms with Gasteiger partial charge in [-0.2, -0.15) is 0 Å². The van der Waals surface area contributed by atoms with Gasteiger partial charge in [-0.1, -0.05) is 5.21 Å². The van der Waals surface area contributed by atoms with E-state index in [4.69, 9.17) is 5.11 Å².